The fourth-order valence-electron chi connectivity index (χ4n) is 4.96. The van der Waals surface area contributed by atoms with Crippen molar-refractivity contribution in [1.82, 2.24) is 4.90 Å². The summed E-state index contributed by atoms with van der Waals surface area (Å²) in [6, 6.07) is 0. The van der Waals surface area contributed by atoms with Gasteiger partial charge in [0.05, 0.1) is 18.3 Å². The minimum atomic E-state index is -0.340. The van der Waals surface area contributed by atoms with Gasteiger partial charge in [0.2, 0.25) is 0 Å². The van der Waals surface area contributed by atoms with Crippen molar-refractivity contribution in [2.75, 3.05) is 27.2 Å². The number of aliphatic hydroxyl groups excluding tert-OH is 1. The van der Waals surface area contributed by atoms with Gasteiger partial charge in [0.25, 0.3) is 0 Å². The van der Waals surface area contributed by atoms with Crippen LogP contribution in [0.4, 0.5) is 0 Å². The first kappa shape index (κ1) is 12.9. The van der Waals surface area contributed by atoms with E-state index < -0.39 is 0 Å². The van der Waals surface area contributed by atoms with E-state index in [1.807, 2.05) is 19.0 Å². The molecule has 0 unspecified atom stereocenters. The number of ether oxygens (including phenoxy) is 1. The van der Waals surface area contributed by atoms with Crippen molar-refractivity contribution >= 4 is 0 Å². The van der Waals surface area contributed by atoms with Gasteiger partial charge in [0.1, 0.15) is 0 Å². The molecule has 4 aliphatic carbocycles. The van der Waals surface area contributed by atoms with Crippen LogP contribution in [0.5, 0.6) is 0 Å². The molecule has 0 spiro atoms. The molecule has 3 heteroatoms. The first-order valence-electron chi connectivity index (χ1n) is 7.51. The van der Waals surface area contributed by atoms with Crippen molar-refractivity contribution in [1.29, 1.82) is 0 Å². The molecule has 4 fully saturated rings. The molecule has 18 heavy (non-hydrogen) atoms. The normalized spacial score (nSPS) is 43.7. The smallest absolute Gasteiger partial charge is 0.0900 e. The second kappa shape index (κ2) is 4.77. The Balaban J connectivity index is 1.56. The number of aliphatic hydroxyl groups is 1. The van der Waals surface area contributed by atoms with Crippen LogP contribution in [0.15, 0.2) is 0 Å². The minimum Gasteiger partial charge on any atom is -0.389 e. The zero-order valence-electron chi connectivity index (χ0n) is 11.8. The molecule has 0 aromatic rings. The molecule has 0 aliphatic heterocycles. The molecule has 0 amide bonds. The molecule has 3 nitrogen and oxygen atoms in total. The van der Waals surface area contributed by atoms with Crippen LogP contribution in [-0.2, 0) is 4.74 Å². The number of likely N-dealkylation sites (N-methyl/N-ethyl adjacent to an activating group) is 1. The summed E-state index contributed by atoms with van der Waals surface area (Å²) in [4.78, 5) is 2.02. The second-order valence-electron chi connectivity index (χ2n) is 7.33. The molecule has 0 heterocycles. The predicted octanol–water partition coefficient (Wildman–Crippen LogP) is 1.89. The number of hydrogen-bond acceptors (Lipinski definition) is 3. The molecule has 4 bridgehead atoms. The molecular formula is C15H27NO2. The Kier molecular flexibility index (Phi) is 3.41. The third kappa shape index (κ3) is 2.59. The monoisotopic (exact) mass is 253 g/mol. The number of rotatable bonds is 5. The summed E-state index contributed by atoms with van der Waals surface area (Å²) in [5, 5.41) is 9.95. The highest BCUT2D eigenvalue weighted by atomic mass is 16.5. The molecule has 4 saturated carbocycles. The Labute approximate surface area is 110 Å². The van der Waals surface area contributed by atoms with Crippen LogP contribution in [0.3, 0.4) is 0 Å². The first-order chi connectivity index (χ1) is 8.55. The second-order valence-corrected chi connectivity index (χ2v) is 7.33. The zero-order valence-corrected chi connectivity index (χ0v) is 11.8. The number of nitrogens with zero attached hydrogens (tertiary/aromatic N) is 1. The van der Waals surface area contributed by atoms with Crippen LogP contribution in [0.1, 0.15) is 38.5 Å². The fraction of sp³-hybridized carbons (Fsp3) is 1.00. The Hall–Kier alpha value is -0.120. The van der Waals surface area contributed by atoms with Crippen molar-refractivity contribution < 1.29 is 9.84 Å². The lowest BCUT2D eigenvalue weighted by molar-refractivity contribution is -0.175. The summed E-state index contributed by atoms with van der Waals surface area (Å²) in [6.45, 7) is 1.22. The van der Waals surface area contributed by atoms with E-state index in [0.29, 0.717) is 13.2 Å². The Morgan fingerprint density at radius 1 is 1.11 bits per heavy atom. The van der Waals surface area contributed by atoms with E-state index in [1.165, 1.54) is 38.5 Å². The van der Waals surface area contributed by atoms with Gasteiger partial charge in [-0.2, -0.15) is 0 Å². The largest absolute Gasteiger partial charge is 0.389 e. The highest BCUT2D eigenvalue weighted by Gasteiger charge is 2.51. The third-order valence-electron chi connectivity index (χ3n) is 5.14. The summed E-state index contributed by atoms with van der Waals surface area (Å²) in [6.07, 6.45) is 7.77. The van der Waals surface area contributed by atoms with Crippen LogP contribution in [0.25, 0.3) is 0 Å². The van der Waals surface area contributed by atoms with Gasteiger partial charge >= 0.3 is 0 Å². The van der Waals surface area contributed by atoms with Gasteiger partial charge in [-0.1, -0.05) is 0 Å². The van der Waals surface area contributed by atoms with Gasteiger partial charge in [-0.25, -0.2) is 0 Å². The summed E-state index contributed by atoms with van der Waals surface area (Å²) >= 11 is 0. The topological polar surface area (TPSA) is 32.7 Å². The summed E-state index contributed by atoms with van der Waals surface area (Å²) in [5.41, 5.74) is 0.141. The Morgan fingerprint density at radius 2 is 1.61 bits per heavy atom. The number of hydrogen-bond donors (Lipinski definition) is 1. The molecule has 104 valence electrons. The Morgan fingerprint density at radius 3 is 2.06 bits per heavy atom. The molecule has 4 rings (SSSR count). The summed E-state index contributed by atoms with van der Waals surface area (Å²) < 4.78 is 6.23. The Bertz CT molecular complexity index is 268. The van der Waals surface area contributed by atoms with E-state index in [9.17, 15) is 5.11 Å². The van der Waals surface area contributed by atoms with Crippen molar-refractivity contribution in [3.8, 4) is 0 Å². The van der Waals surface area contributed by atoms with E-state index >= 15 is 0 Å². The van der Waals surface area contributed by atoms with Gasteiger partial charge in [-0.15, -0.1) is 0 Å². The maximum absolute atomic E-state index is 9.95. The molecule has 0 aromatic carbocycles. The van der Waals surface area contributed by atoms with Gasteiger partial charge < -0.3 is 14.7 Å². The van der Waals surface area contributed by atoms with Gasteiger partial charge in [0, 0.05) is 6.54 Å². The standard InChI is InChI=1S/C15H27NO2/c1-16(2)9-14(17)10-18-15-6-11-3-12(7-15)5-13(4-11)8-15/h11-14,17H,3-10H2,1-2H3/t11?,12?,13?,14-,15?/m0/s1. The summed E-state index contributed by atoms with van der Waals surface area (Å²) in [7, 11) is 3.99. The van der Waals surface area contributed by atoms with E-state index in [2.05, 4.69) is 0 Å². The van der Waals surface area contributed by atoms with Crippen LogP contribution < -0.4 is 0 Å². The zero-order chi connectivity index (χ0) is 12.8. The quantitative estimate of drug-likeness (QED) is 0.812. The maximum atomic E-state index is 9.95. The van der Waals surface area contributed by atoms with Gasteiger partial charge in [-0.3, -0.25) is 0 Å². The van der Waals surface area contributed by atoms with Crippen LogP contribution in [0.2, 0.25) is 0 Å². The van der Waals surface area contributed by atoms with Crippen LogP contribution >= 0.6 is 0 Å². The molecule has 0 aromatic heterocycles. The van der Waals surface area contributed by atoms with Gasteiger partial charge in [0.15, 0.2) is 0 Å². The third-order valence-corrected chi connectivity index (χ3v) is 5.14. The minimum absolute atomic E-state index is 0.141. The molecule has 1 N–H and O–H groups in total. The van der Waals surface area contributed by atoms with Crippen molar-refractivity contribution in [2.45, 2.75) is 50.2 Å². The van der Waals surface area contributed by atoms with E-state index in [-0.39, 0.29) is 11.7 Å². The molecule has 4 aliphatic rings. The molecular weight excluding hydrogens is 226 g/mol. The van der Waals surface area contributed by atoms with E-state index in [1.54, 1.807) is 0 Å². The summed E-state index contributed by atoms with van der Waals surface area (Å²) in [5.74, 6) is 2.76. The first-order valence-corrected chi connectivity index (χ1v) is 7.51. The average molecular weight is 253 g/mol. The molecule has 0 saturated heterocycles. The van der Waals surface area contributed by atoms with Crippen LogP contribution in [0, 0.1) is 17.8 Å². The lowest BCUT2D eigenvalue weighted by Crippen LogP contribution is -2.53. The maximum Gasteiger partial charge on any atom is 0.0900 e. The van der Waals surface area contributed by atoms with Crippen molar-refractivity contribution in [3.63, 3.8) is 0 Å². The fourth-order valence-corrected chi connectivity index (χ4v) is 4.96. The van der Waals surface area contributed by atoms with E-state index in [0.717, 1.165) is 17.8 Å². The lowest BCUT2D eigenvalue weighted by atomic mass is 9.54. The highest BCUT2D eigenvalue weighted by Crippen LogP contribution is 2.57. The van der Waals surface area contributed by atoms with Crippen LogP contribution in [-0.4, -0.2) is 49.0 Å². The average Bonchev–Trinajstić information content (AvgIpc) is 2.23. The van der Waals surface area contributed by atoms with Crippen molar-refractivity contribution in [3.05, 3.63) is 0 Å². The highest BCUT2D eigenvalue weighted by molar-refractivity contribution is 5.03. The van der Waals surface area contributed by atoms with Gasteiger partial charge in [-0.05, 0) is 70.4 Å². The predicted molar refractivity (Wildman–Crippen MR) is 71.4 cm³/mol. The van der Waals surface area contributed by atoms with E-state index in [4.69, 9.17) is 4.74 Å². The molecule has 1 atom stereocenters. The molecule has 0 radical (unpaired) electrons. The lowest BCUT2D eigenvalue weighted by Gasteiger charge is -2.56. The SMILES string of the molecule is CN(C)C[C@H](O)COC12CC3CC(CC(C3)C1)C2. The van der Waals surface area contributed by atoms with Crippen molar-refractivity contribution in [2.24, 2.45) is 17.8 Å².